The maximum atomic E-state index is 6.07. The van der Waals surface area contributed by atoms with Crippen molar-refractivity contribution in [1.29, 1.82) is 0 Å². The molecule has 15 heavy (non-hydrogen) atoms. The highest BCUT2D eigenvalue weighted by molar-refractivity contribution is 6.32. The van der Waals surface area contributed by atoms with E-state index in [1.165, 1.54) is 0 Å². The standard InChI is InChI=1S/C11H9ClN2O/c1-6-5-8-9-7(3-2-4-13-9)10(12)14-11(8)15-6/h2-3,5,13H,4H2,1H3. The minimum Gasteiger partial charge on any atom is -0.443 e. The summed E-state index contributed by atoms with van der Waals surface area (Å²) >= 11 is 6.07. The molecule has 0 aromatic carbocycles. The first kappa shape index (κ1) is 8.80. The highest BCUT2D eigenvalue weighted by Gasteiger charge is 2.16. The van der Waals surface area contributed by atoms with E-state index in [0.29, 0.717) is 10.9 Å². The van der Waals surface area contributed by atoms with E-state index in [1.807, 2.05) is 25.1 Å². The number of halogens is 1. The fourth-order valence-electron chi connectivity index (χ4n) is 1.84. The molecular weight excluding hydrogens is 212 g/mol. The Morgan fingerprint density at radius 1 is 1.53 bits per heavy atom. The summed E-state index contributed by atoms with van der Waals surface area (Å²) in [4.78, 5) is 4.22. The van der Waals surface area contributed by atoms with Crippen LogP contribution in [0.1, 0.15) is 11.3 Å². The van der Waals surface area contributed by atoms with E-state index < -0.39 is 0 Å². The van der Waals surface area contributed by atoms with Gasteiger partial charge in [-0.15, -0.1) is 0 Å². The number of rotatable bonds is 0. The van der Waals surface area contributed by atoms with Crippen LogP contribution in [0.3, 0.4) is 0 Å². The number of hydrogen-bond donors (Lipinski definition) is 1. The molecule has 0 unspecified atom stereocenters. The van der Waals surface area contributed by atoms with E-state index in [0.717, 1.165) is 28.9 Å². The molecule has 3 heterocycles. The first-order valence-electron chi connectivity index (χ1n) is 4.76. The second kappa shape index (κ2) is 3.00. The number of furan rings is 1. The van der Waals surface area contributed by atoms with E-state index in [9.17, 15) is 0 Å². The highest BCUT2D eigenvalue weighted by atomic mass is 35.5. The Morgan fingerprint density at radius 3 is 3.27 bits per heavy atom. The Balaban J connectivity index is 2.44. The number of pyridine rings is 1. The zero-order chi connectivity index (χ0) is 10.4. The van der Waals surface area contributed by atoms with Gasteiger partial charge in [0.05, 0.1) is 11.1 Å². The second-order valence-corrected chi connectivity index (χ2v) is 3.91. The molecule has 0 saturated heterocycles. The molecule has 1 aliphatic rings. The lowest BCUT2D eigenvalue weighted by atomic mass is 10.1. The van der Waals surface area contributed by atoms with Crippen molar-refractivity contribution >= 4 is 34.5 Å². The van der Waals surface area contributed by atoms with Gasteiger partial charge in [-0.3, -0.25) is 0 Å². The van der Waals surface area contributed by atoms with Crippen LogP contribution in [0.4, 0.5) is 5.69 Å². The SMILES string of the molecule is Cc1cc2c3c(c(Cl)nc2o1)C=CCN3. The zero-order valence-corrected chi connectivity index (χ0v) is 8.93. The van der Waals surface area contributed by atoms with Gasteiger partial charge < -0.3 is 9.73 Å². The summed E-state index contributed by atoms with van der Waals surface area (Å²) in [5.74, 6) is 0.846. The number of fused-ring (bicyclic) bond motifs is 3. The fourth-order valence-corrected chi connectivity index (χ4v) is 2.08. The van der Waals surface area contributed by atoms with Gasteiger partial charge in [0.1, 0.15) is 10.9 Å². The van der Waals surface area contributed by atoms with Crippen molar-refractivity contribution in [3.63, 3.8) is 0 Å². The molecule has 4 heteroatoms. The number of hydrogen-bond acceptors (Lipinski definition) is 3. The lowest BCUT2D eigenvalue weighted by Gasteiger charge is -2.13. The molecule has 2 aromatic rings. The van der Waals surface area contributed by atoms with Crippen LogP contribution in [-0.4, -0.2) is 11.5 Å². The van der Waals surface area contributed by atoms with Gasteiger partial charge in [-0.2, -0.15) is 4.98 Å². The summed E-state index contributed by atoms with van der Waals surface area (Å²) in [6.07, 6.45) is 4.01. The van der Waals surface area contributed by atoms with E-state index >= 15 is 0 Å². The molecule has 2 aromatic heterocycles. The van der Waals surface area contributed by atoms with E-state index in [2.05, 4.69) is 10.3 Å². The molecular formula is C11H9ClN2O. The minimum atomic E-state index is 0.482. The molecule has 0 aliphatic carbocycles. The van der Waals surface area contributed by atoms with Crippen molar-refractivity contribution in [3.05, 3.63) is 28.6 Å². The Labute approximate surface area is 91.7 Å². The number of aryl methyl sites for hydroxylation is 1. The van der Waals surface area contributed by atoms with Crippen LogP contribution in [0.2, 0.25) is 5.15 Å². The maximum Gasteiger partial charge on any atom is 0.229 e. The average Bonchev–Trinajstić information content (AvgIpc) is 2.59. The van der Waals surface area contributed by atoms with Crippen molar-refractivity contribution in [3.8, 4) is 0 Å². The van der Waals surface area contributed by atoms with Crippen molar-refractivity contribution < 1.29 is 4.42 Å². The third-order valence-electron chi connectivity index (χ3n) is 2.48. The average molecular weight is 221 g/mol. The van der Waals surface area contributed by atoms with Crippen LogP contribution in [0.5, 0.6) is 0 Å². The molecule has 3 rings (SSSR count). The molecule has 0 atom stereocenters. The normalized spacial score (nSPS) is 14.0. The highest BCUT2D eigenvalue weighted by Crippen LogP contribution is 2.35. The Hall–Kier alpha value is -1.48. The minimum absolute atomic E-state index is 0.482. The van der Waals surface area contributed by atoms with E-state index in [1.54, 1.807) is 0 Å². The number of anilines is 1. The smallest absolute Gasteiger partial charge is 0.229 e. The quantitative estimate of drug-likeness (QED) is 0.693. The second-order valence-electron chi connectivity index (χ2n) is 3.55. The van der Waals surface area contributed by atoms with Gasteiger partial charge in [0, 0.05) is 12.1 Å². The topological polar surface area (TPSA) is 38.1 Å². The van der Waals surface area contributed by atoms with Crippen LogP contribution >= 0.6 is 11.6 Å². The lowest BCUT2D eigenvalue weighted by molar-refractivity contribution is 0.567. The largest absolute Gasteiger partial charge is 0.443 e. The van der Waals surface area contributed by atoms with Gasteiger partial charge in [0.25, 0.3) is 0 Å². The zero-order valence-electron chi connectivity index (χ0n) is 8.17. The van der Waals surface area contributed by atoms with Crippen LogP contribution in [-0.2, 0) is 0 Å². The molecule has 0 spiro atoms. The van der Waals surface area contributed by atoms with E-state index in [-0.39, 0.29) is 0 Å². The predicted octanol–water partition coefficient (Wildman–Crippen LogP) is 3.23. The fraction of sp³-hybridized carbons (Fsp3) is 0.182. The van der Waals surface area contributed by atoms with Gasteiger partial charge >= 0.3 is 0 Å². The lowest BCUT2D eigenvalue weighted by Crippen LogP contribution is -2.05. The Bertz CT molecular complexity index is 571. The Kier molecular flexibility index (Phi) is 1.76. The van der Waals surface area contributed by atoms with Crippen LogP contribution < -0.4 is 5.32 Å². The van der Waals surface area contributed by atoms with Crippen molar-refractivity contribution in [2.24, 2.45) is 0 Å². The molecule has 0 saturated carbocycles. The monoisotopic (exact) mass is 220 g/mol. The summed E-state index contributed by atoms with van der Waals surface area (Å²) in [5, 5.41) is 4.77. The molecule has 1 aliphatic heterocycles. The third kappa shape index (κ3) is 1.23. The number of aromatic nitrogens is 1. The summed E-state index contributed by atoms with van der Waals surface area (Å²) < 4.78 is 5.46. The first-order valence-corrected chi connectivity index (χ1v) is 5.13. The van der Waals surface area contributed by atoms with Gasteiger partial charge in [-0.1, -0.05) is 23.8 Å². The van der Waals surface area contributed by atoms with E-state index in [4.69, 9.17) is 16.0 Å². The van der Waals surface area contributed by atoms with Gasteiger partial charge in [-0.05, 0) is 13.0 Å². The molecule has 0 fully saturated rings. The molecule has 0 amide bonds. The summed E-state index contributed by atoms with van der Waals surface area (Å²) in [5.41, 5.74) is 2.56. The number of nitrogens with one attached hydrogen (secondary N) is 1. The third-order valence-corrected chi connectivity index (χ3v) is 2.77. The summed E-state index contributed by atoms with van der Waals surface area (Å²) in [7, 11) is 0. The molecule has 0 radical (unpaired) electrons. The van der Waals surface area contributed by atoms with Crippen molar-refractivity contribution in [1.82, 2.24) is 4.98 Å². The van der Waals surface area contributed by atoms with Crippen LogP contribution in [0, 0.1) is 6.92 Å². The van der Waals surface area contributed by atoms with Gasteiger partial charge in [0.15, 0.2) is 0 Å². The summed E-state index contributed by atoms with van der Waals surface area (Å²) in [6.45, 7) is 2.72. The summed E-state index contributed by atoms with van der Waals surface area (Å²) in [6, 6.07) is 1.98. The molecule has 0 bridgehead atoms. The van der Waals surface area contributed by atoms with Crippen molar-refractivity contribution in [2.45, 2.75) is 6.92 Å². The number of nitrogens with zero attached hydrogens (tertiary/aromatic N) is 1. The maximum absolute atomic E-state index is 6.07. The molecule has 3 nitrogen and oxygen atoms in total. The van der Waals surface area contributed by atoms with Gasteiger partial charge in [0.2, 0.25) is 5.71 Å². The predicted molar refractivity (Wildman–Crippen MR) is 61.3 cm³/mol. The molecule has 1 N–H and O–H groups in total. The van der Waals surface area contributed by atoms with Crippen LogP contribution in [0.25, 0.3) is 17.2 Å². The van der Waals surface area contributed by atoms with Gasteiger partial charge in [-0.25, -0.2) is 0 Å². The first-order chi connectivity index (χ1) is 7.25. The molecule has 76 valence electrons. The van der Waals surface area contributed by atoms with Crippen LogP contribution in [0.15, 0.2) is 16.6 Å². The van der Waals surface area contributed by atoms with Crippen molar-refractivity contribution in [2.75, 3.05) is 11.9 Å². The Morgan fingerprint density at radius 2 is 2.40 bits per heavy atom.